The van der Waals surface area contributed by atoms with E-state index in [2.05, 4.69) is 21.4 Å². The second-order valence-electron chi connectivity index (χ2n) is 6.30. The molecule has 3 aromatic rings. The monoisotopic (exact) mass is 369 g/mol. The first kappa shape index (κ1) is 16.8. The van der Waals surface area contributed by atoms with Crippen LogP contribution in [0.2, 0.25) is 0 Å². The van der Waals surface area contributed by atoms with Gasteiger partial charge in [-0.3, -0.25) is 4.79 Å². The summed E-state index contributed by atoms with van der Waals surface area (Å²) in [5.74, 6) is 2.03. The summed E-state index contributed by atoms with van der Waals surface area (Å²) in [6.07, 6.45) is 0.854. The molecule has 1 amide bonds. The minimum absolute atomic E-state index is 0.0143. The molecule has 0 saturated heterocycles. The zero-order valence-electron chi connectivity index (χ0n) is 14.6. The number of para-hydroxylation sites is 1. The number of hydrogen-bond donors (Lipinski definition) is 0. The molecule has 3 heterocycles. The van der Waals surface area contributed by atoms with Crippen LogP contribution in [0.15, 0.2) is 41.4 Å². The largest absolute Gasteiger partial charge is 0.488 e. The molecule has 26 heavy (non-hydrogen) atoms. The van der Waals surface area contributed by atoms with Crippen molar-refractivity contribution in [3.8, 4) is 5.75 Å². The lowest BCUT2D eigenvalue weighted by Crippen LogP contribution is -2.37. The van der Waals surface area contributed by atoms with Crippen LogP contribution in [-0.2, 0) is 11.2 Å². The molecule has 0 radical (unpaired) electrons. The van der Waals surface area contributed by atoms with Gasteiger partial charge in [-0.15, -0.1) is 10.2 Å². The van der Waals surface area contributed by atoms with Crippen LogP contribution in [0.4, 0.5) is 0 Å². The van der Waals surface area contributed by atoms with E-state index in [1.54, 1.807) is 9.42 Å². The fourth-order valence-electron chi connectivity index (χ4n) is 2.97. The molecule has 0 spiro atoms. The number of aromatic nitrogens is 4. The maximum Gasteiger partial charge on any atom is 0.232 e. The van der Waals surface area contributed by atoms with E-state index in [0.717, 1.165) is 23.0 Å². The van der Waals surface area contributed by atoms with Crippen molar-refractivity contribution in [3.63, 3.8) is 0 Å². The minimum atomic E-state index is 0.0143. The van der Waals surface area contributed by atoms with Crippen LogP contribution < -0.4 is 4.74 Å². The third-order valence-corrected chi connectivity index (χ3v) is 5.26. The molecule has 134 valence electrons. The molecule has 1 atom stereocenters. The van der Waals surface area contributed by atoms with Gasteiger partial charge in [0.05, 0.1) is 12.3 Å². The van der Waals surface area contributed by atoms with Crippen molar-refractivity contribution in [1.29, 1.82) is 0 Å². The van der Waals surface area contributed by atoms with Crippen LogP contribution in [0.3, 0.4) is 0 Å². The molecule has 0 N–H and O–H groups in total. The number of carbonyl (C=O) groups excluding carboxylic acids is 1. The van der Waals surface area contributed by atoms with Crippen LogP contribution in [0.1, 0.15) is 11.4 Å². The summed E-state index contributed by atoms with van der Waals surface area (Å²) >= 11 is 1.41. The highest BCUT2D eigenvalue weighted by Gasteiger charge is 2.25. The Hall–Kier alpha value is -2.61. The highest BCUT2D eigenvalue weighted by molar-refractivity contribution is 7.99. The van der Waals surface area contributed by atoms with Gasteiger partial charge in [0, 0.05) is 13.5 Å². The number of aryl methyl sites for hydroxylation is 1. The van der Waals surface area contributed by atoms with E-state index < -0.39 is 0 Å². The second-order valence-corrected chi connectivity index (χ2v) is 7.30. The molecule has 1 aromatic carbocycles. The molecule has 7 nitrogen and oxygen atoms in total. The van der Waals surface area contributed by atoms with Crippen LogP contribution in [0.5, 0.6) is 5.75 Å². The van der Waals surface area contributed by atoms with Gasteiger partial charge >= 0.3 is 0 Å². The lowest BCUT2D eigenvalue weighted by atomic mass is 10.1. The molecule has 4 rings (SSSR count). The molecular weight excluding hydrogens is 350 g/mol. The predicted molar refractivity (Wildman–Crippen MR) is 98.4 cm³/mol. The number of ether oxygens (including phenoxy) is 1. The van der Waals surface area contributed by atoms with Gasteiger partial charge in [0.2, 0.25) is 5.91 Å². The van der Waals surface area contributed by atoms with Crippen molar-refractivity contribution in [1.82, 2.24) is 24.7 Å². The van der Waals surface area contributed by atoms with E-state index in [9.17, 15) is 4.79 Å². The number of benzene rings is 1. The number of hydrogen-bond acceptors (Lipinski definition) is 6. The fourth-order valence-corrected chi connectivity index (χ4v) is 3.76. The van der Waals surface area contributed by atoms with E-state index >= 15 is 0 Å². The lowest BCUT2D eigenvalue weighted by molar-refractivity contribution is -0.128. The van der Waals surface area contributed by atoms with Crippen molar-refractivity contribution in [2.24, 2.45) is 0 Å². The lowest BCUT2D eigenvalue weighted by Gasteiger charge is -2.21. The topological polar surface area (TPSA) is 72.6 Å². The van der Waals surface area contributed by atoms with E-state index in [1.807, 2.05) is 44.3 Å². The summed E-state index contributed by atoms with van der Waals surface area (Å²) in [4.78, 5) is 14.2. The van der Waals surface area contributed by atoms with Gasteiger partial charge in [0.15, 0.2) is 11.5 Å². The molecular formula is C18H19N5O2S. The van der Waals surface area contributed by atoms with Gasteiger partial charge < -0.3 is 9.64 Å². The first-order chi connectivity index (χ1) is 12.6. The first-order valence-corrected chi connectivity index (χ1v) is 9.39. The number of likely N-dealkylation sites (N-methyl/N-ethyl adjacent to an activating group) is 1. The van der Waals surface area contributed by atoms with Crippen molar-refractivity contribution < 1.29 is 9.53 Å². The number of amides is 1. The van der Waals surface area contributed by atoms with Gasteiger partial charge in [0.1, 0.15) is 16.9 Å². The van der Waals surface area contributed by atoms with Gasteiger partial charge in [-0.2, -0.15) is 9.61 Å². The third-order valence-electron chi connectivity index (χ3n) is 4.35. The molecule has 0 saturated carbocycles. The van der Waals surface area contributed by atoms with E-state index in [-0.39, 0.29) is 12.0 Å². The Kier molecular flexibility index (Phi) is 4.50. The number of fused-ring (bicyclic) bond motifs is 2. The van der Waals surface area contributed by atoms with Crippen molar-refractivity contribution in [2.75, 3.05) is 19.3 Å². The summed E-state index contributed by atoms with van der Waals surface area (Å²) < 4.78 is 7.59. The summed E-state index contributed by atoms with van der Waals surface area (Å²) in [5, 5.41) is 13.2. The molecule has 0 aliphatic carbocycles. The zero-order valence-corrected chi connectivity index (χ0v) is 15.4. The molecule has 0 fully saturated rings. The molecule has 8 heteroatoms. The highest BCUT2D eigenvalue weighted by atomic mass is 32.2. The summed E-state index contributed by atoms with van der Waals surface area (Å²) in [6, 6.07) is 11.7. The SMILES string of the molecule is Cc1nnc2ccc(SCC(=O)N(C)C[C@H]3Cc4ccccc4O3)nn12. The van der Waals surface area contributed by atoms with E-state index in [1.165, 1.54) is 17.3 Å². The standard InChI is InChI=1S/C18H19N5O2S/c1-12-19-20-16-7-8-17(21-23(12)16)26-11-18(24)22(2)10-14-9-13-5-3-4-6-15(13)25-14/h3-8,14H,9-11H2,1-2H3/t14-/m1/s1. The van der Waals surface area contributed by atoms with E-state index in [4.69, 9.17) is 4.74 Å². The Balaban J connectivity index is 1.32. The van der Waals surface area contributed by atoms with E-state index in [0.29, 0.717) is 17.9 Å². The second kappa shape index (κ2) is 6.95. The van der Waals surface area contributed by atoms with Gasteiger partial charge in [-0.25, -0.2) is 0 Å². The normalized spacial score (nSPS) is 15.7. The Labute approximate surface area is 155 Å². The van der Waals surface area contributed by atoms with Crippen molar-refractivity contribution >= 4 is 23.3 Å². The minimum Gasteiger partial charge on any atom is -0.488 e. The molecule has 2 aromatic heterocycles. The average molecular weight is 369 g/mol. The summed E-state index contributed by atoms with van der Waals surface area (Å²) in [7, 11) is 1.82. The maximum absolute atomic E-state index is 12.4. The number of carbonyl (C=O) groups is 1. The Morgan fingerprint density at radius 2 is 2.15 bits per heavy atom. The van der Waals surface area contributed by atoms with Crippen molar-refractivity contribution in [3.05, 3.63) is 47.8 Å². The Morgan fingerprint density at radius 3 is 3.00 bits per heavy atom. The van der Waals surface area contributed by atoms with Gasteiger partial charge in [-0.05, 0) is 30.7 Å². The quantitative estimate of drug-likeness (QED) is 0.641. The number of thioether (sulfide) groups is 1. The summed E-state index contributed by atoms with van der Waals surface area (Å²) in [6.45, 7) is 2.42. The molecule has 0 unspecified atom stereocenters. The predicted octanol–water partition coefficient (Wildman–Crippen LogP) is 1.99. The Morgan fingerprint density at radius 1 is 1.31 bits per heavy atom. The first-order valence-electron chi connectivity index (χ1n) is 8.40. The highest BCUT2D eigenvalue weighted by Crippen LogP contribution is 2.28. The third kappa shape index (κ3) is 3.37. The van der Waals surface area contributed by atoms with Crippen molar-refractivity contribution in [2.45, 2.75) is 24.5 Å². The fraction of sp³-hybridized carbons (Fsp3) is 0.333. The van der Waals surface area contributed by atoms with Crippen LogP contribution >= 0.6 is 11.8 Å². The number of rotatable bonds is 5. The molecule has 1 aliphatic rings. The van der Waals surface area contributed by atoms with Gasteiger partial charge in [-0.1, -0.05) is 30.0 Å². The zero-order chi connectivity index (χ0) is 18.1. The van der Waals surface area contributed by atoms with Crippen LogP contribution in [-0.4, -0.2) is 56.1 Å². The maximum atomic E-state index is 12.4. The average Bonchev–Trinajstić information content (AvgIpc) is 3.22. The summed E-state index contributed by atoms with van der Waals surface area (Å²) in [5.41, 5.74) is 1.91. The Bertz CT molecular complexity index is 933. The number of nitrogens with zero attached hydrogens (tertiary/aromatic N) is 5. The van der Waals surface area contributed by atoms with Crippen LogP contribution in [0.25, 0.3) is 5.65 Å². The molecule has 0 bridgehead atoms. The smallest absolute Gasteiger partial charge is 0.232 e. The van der Waals surface area contributed by atoms with Gasteiger partial charge in [0.25, 0.3) is 0 Å². The van der Waals surface area contributed by atoms with Crippen LogP contribution in [0, 0.1) is 6.92 Å². The molecule has 1 aliphatic heterocycles.